The van der Waals surface area contributed by atoms with Gasteiger partial charge in [0.15, 0.2) is 0 Å². The van der Waals surface area contributed by atoms with Crippen LogP contribution in [0.2, 0.25) is 0 Å². The first-order valence-corrected chi connectivity index (χ1v) is 15.4. The Hall–Kier alpha value is -4.73. The van der Waals surface area contributed by atoms with Gasteiger partial charge in [-0.05, 0) is 74.3 Å². The molecule has 4 aromatic rings. The van der Waals surface area contributed by atoms with E-state index in [0.717, 1.165) is 54.1 Å². The second-order valence-corrected chi connectivity index (χ2v) is 12.4. The number of hydrogen-bond donors (Lipinski definition) is 3. The second kappa shape index (κ2) is 11.4. The standard InChI is InChI=1S/C34H36N6O4/c1-21-11-12-23-24(8-4-10-27(23)38-30(41)26-19-34(26)14-2-3-15-34)29(21)44-31-25(9-5-16-35-31)28-13-17-36-32(39-28)37-22-7-6-18-40(20-22)33(42)43/h4-5,8-13,16-17,22,26H,2-3,6-7,14-15,18-20H2,1H3,(H,38,41)(H,42,43)(H,36,37,39)/t22?,26-/m1/s1. The van der Waals surface area contributed by atoms with Gasteiger partial charge in [0.25, 0.3) is 0 Å². The van der Waals surface area contributed by atoms with Crippen LogP contribution in [0.4, 0.5) is 16.4 Å². The van der Waals surface area contributed by atoms with Crippen LogP contribution in [0.3, 0.4) is 0 Å². The average Bonchev–Trinajstić information content (AvgIpc) is 3.55. The summed E-state index contributed by atoms with van der Waals surface area (Å²) >= 11 is 0. The highest BCUT2D eigenvalue weighted by atomic mass is 16.5. The molecule has 1 unspecified atom stereocenters. The van der Waals surface area contributed by atoms with E-state index in [1.54, 1.807) is 18.5 Å². The number of fused-ring (bicyclic) bond motifs is 1. The van der Waals surface area contributed by atoms with Crippen LogP contribution in [-0.2, 0) is 4.79 Å². The lowest BCUT2D eigenvalue weighted by molar-refractivity contribution is -0.118. The van der Waals surface area contributed by atoms with Gasteiger partial charge in [0.2, 0.25) is 17.7 Å². The number of likely N-dealkylation sites (tertiary alicyclic amines) is 1. The highest BCUT2D eigenvalue weighted by Gasteiger charge is 2.58. The maximum atomic E-state index is 13.2. The molecule has 226 valence electrons. The number of aryl methyl sites for hydroxylation is 1. The topological polar surface area (TPSA) is 130 Å². The van der Waals surface area contributed by atoms with Crippen molar-refractivity contribution in [2.45, 2.75) is 57.9 Å². The van der Waals surface area contributed by atoms with E-state index in [4.69, 9.17) is 9.72 Å². The zero-order valence-corrected chi connectivity index (χ0v) is 24.8. The van der Waals surface area contributed by atoms with E-state index < -0.39 is 6.09 Å². The monoisotopic (exact) mass is 592 g/mol. The molecular formula is C34H36N6O4. The van der Waals surface area contributed by atoms with Crippen molar-refractivity contribution in [1.29, 1.82) is 0 Å². The zero-order valence-electron chi connectivity index (χ0n) is 24.8. The number of nitrogens with one attached hydrogen (secondary N) is 2. The molecule has 3 aliphatic rings. The Morgan fingerprint density at radius 3 is 2.70 bits per heavy atom. The van der Waals surface area contributed by atoms with Crippen molar-refractivity contribution in [2.75, 3.05) is 23.7 Å². The first-order chi connectivity index (χ1) is 21.4. The predicted molar refractivity (Wildman–Crippen MR) is 168 cm³/mol. The molecular weight excluding hydrogens is 556 g/mol. The van der Waals surface area contributed by atoms with Gasteiger partial charge in [-0.25, -0.2) is 19.7 Å². The molecule has 44 heavy (non-hydrogen) atoms. The predicted octanol–water partition coefficient (Wildman–Crippen LogP) is 6.87. The van der Waals surface area contributed by atoms with Gasteiger partial charge < -0.3 is 25.4 Å². The van der Waals surface area contributed by atoms with E-state index in [9.17, 15) is 14.7 Å². The molecule has 0 radical (unpaired) electrons. The van der Waals surface area contributed by atoms with Crippen molar-refractivity contribution in [2.24, 2.45) is 11.3 Å². The Balaban J connectivity index is 1.14. The third-order valence-corrected chi connectivity index (χ3v) is 9.50. The number of benzene rings is 2. The SMILES string of the molecule is Cc1ccc2c(NC(=O)[C@H]3CC34CCCC4)cccc2c1Oc1ncccc1-c1ccnc(NC2CCCN(C(=O)O)C2)n1. The van der Waals surface area contributed by atoms with Crippen molar-refractivity contribution in [3.63, 3.8) is 0 Å². The van der Waals surface area contributed by atoms with E-state index in [0.29, 0.717) is 41.9 Å². The summed E-state index contributed by atoms with van der Waals surface area (Å²) in [6.45, 7) is 2.91. The number of anilines is 2. The fourth-order valence-corrected chi connectivity index (χ4v) is 7.05. The lowest BCUT2D eigenvalue weighted by Crippen LogP contribution is -2.44. The average molecular weight is 593 g/mol. The fraction of sp³-hybridized carbons (Fsp3) is 0.382. The normalized spacial score (nSPS) is 20.4. The number of carbonyl (C=O) groups excluding carboxylic acids is 1. The first kappa shape index (κ1) is 28.1. The summed E-state index contributed by atoms with van der Waals surface area (Å²) < 4.78 is 6.56. The van der Waals surface area contributed by atoms with Gasteiger partial charge in [-0.15, -0.1) is 0 Å². The molecule has 10 nitrogen and oxygen atoms in total. The maximum Gasteiger partial charge on any atom is 0.407 e. The van der Waals surface area contributed by atoms with Crippen LogP contribution >= 0.6 is 0 Å². The van der Waals surface area contributed by atoms with Gasteiger partial charge in [-0.2, -0.15) is 0 Å². The molecule has 3 heterocycles. The number of piperidine rings is 1. The van der Waals surface area contributed by atoms with Crippen molar-refractivity contribution in [1.82, 2.24) is 19.9 Å². The molecule has 2 atom stereocenters. The van der Waals surface area contributed by atoms with E-state index in [1.807, 2.05) is 49.4 Å². The summed E-state index contributed by atoms with van der Waals surface area (Å²) in [5.74, 6) is 1.72. The van der Waals surface area contributed by atoms with Crippen LogP contribution in [0.5, 0.6) is 11.6 Å². The lowest BCUT2D eigenvalue weighted by atomic mass is 10.0. The number of carboxylic acid groups (broad SMARTS) is 1. The number of pyridine rings is 1. The van der Waals surface area contributed by atoms with E-state index in [1.165, 1.54) is 17.7 Å². The van der Waals surface area contributed by atoms with Crippen molar-refractivity contribution < 1.29 is 19.4 Å². The fourth-order valence-electron chi connectivity index (χ4n) is 7.05. The minimum Gasteiger partial charge on any atom is -0.465 e. The summed E-state index contributed by atoms with van der Waals surface area (Å²) in [6, 6.07) is 15.4. The molecule has 2 aromatic carbocycles. The molecule has 1 aliphatic heterocycles. The van der Waals surface area contributed by atoms with Gasteiger partial charge in [0.05, 0.1) is 11.3 Å². The molecule has 2 aliphatic carbocycles. The molecule has 7 rings (SSSR count). The zero-order chi connectivity index (χ0) is 30.3. The van der Waals surface area contributed by atoms with Crippen molar-refractivity contribution >= 4 is 34.4 Å². The molecule has 3 N–H and O–H groups in total. The Bertz CT molecular complexity index is 1740. The van der Waals surface area contributed by atoms with Crippen LogP contribution in [0.25, 0.3) is 22.0 Å². The molecule has 2 amide bonds. The molecule has 0 bridgehead atoms. The molecule has 2 aromatic heterocycles. The van der Waals surface area contributed by atoms with E-state index >= 15 is 0 Å². The number of ether oxygens (including phenoxy) is 1. The van der Waals surface area contributed by atoms with Crippen LogP contribution in [-0.4, -0.2) is 56.1 Å². The van der Waals surface area contributed by atoms with Crippen LogP contribution in [0.15, 0.2) is 60.9 Å². The van der Waals surface area contributed by atoms with Crippen LogP contribution < -0.4 is 15.4 Å². The largest absolute Gasteiger partial charge is 0.465 e. The Labute approximate surface area is 255 Å². The Morgan fingerprint density at radius 2 is 1.86 bits per heavy atom. The molecule has 1 spiro atoms. The van der Waals surface area contributed by atoms with Gasteiger partial charge in [-0.3, -0.25) is 4.79 Å². The summed E-state index contributed by atoms with van der Waals surface area (Å²) in [6.07, 6.45) is 9.84. The highest BCUT2D eigenvalue weighted by molar-refractivity contribution is 6.06. The summed E-state index contributed by atoms with van der Waals surface area (Å²) in [5.41, 5.74) is 3.29. The smallest absolute Gasteiger partial charge is 0.407 e. The van der Waals surface area contributed by atoms with Crippen molar-refractivity contribution in [3.05, 3.63) is 66.5 Å². The Morgan fingerprint density at radius 1 is 1.00 bits per heavy atom. The molecule has 1 saturated heterocycles. The number of nitrogens with zero attached hydrogens (tertiary/aromatic N) is 4. The second-order valence-electron chi connectivity index (χ2n) is 12.4. The quantitative estimate of drug-likeness (QED) is 0.212. The van der Waals surface area contributed by atoms with Gasteiger partial charge in [0, 0.05) is 53.9 Å². The number of carbonyl (C=O) groups is 2. The third-order valence-electron chi connectivity index (χ3n) is 9.50. The molecule has 3 fully saturated rings. The van der Waals surface area contributed by atoms with Crippen molar-refractivity contribution in [3.8, 4) is 22.9 Å². The van der Waals surface area contributed by atoms with Gasteiger partial charge in [0.1, 0.15) is 5.75 Å². The third kappa shape index (κ3) is 5.40. The number of hydrogen-bond acceptors (Lipinski definition) is 7. The summed E-state index contributed by atoms with van der Waals surface area (Å²) in [5, 5.41) is 17.7. The number of rotatable bonds is 7. The number of amides is 2. The van der Waals surface area contributed by atoms with Gasteiger partial charge in [-0.1, -0.05) is 37.1 Å². The van der Waals surface area contributed by atoms with E-state index in [-0.39, 0.29) is 23.3 Å². The van der Waals surface area contributed by atoms with Gasteiger partial charge >= 0.3 is 6.09 Å². The Kier molecular flexibility index (Phi) is 7.27. The first-order valence-electron chi connectivity index (χ1n) is 15.4. The summed E-state index contributed by atoms with van der Waals surface area (Å²) in [4.78, 5) is 39.8. The van der Waals surface area contributed by atoms with E-state index in [2.05, 4.69) is 20.6 Å². The minimum atomic E-state index is -0.915. The van der Waals surface area contributed by atoms with Crippen LogP contribution in [0, 0.1) is 18.3 Å². The van der Waals surface area contributed by atoms with Crippen LogP contribution in [0.1, 0.15) is 50.5 Å². The molecule has 10 heteroatoms. The number of aromatic nitrogens is 3. The molecule has 2 saturated carbocycles. The minimum absolute atomic E-state index is 0.0728. The lowest BCUT2D eigenvalue weighted by Gasteiger charge is -2.31. The maximum absolute atomic E-state index is 13.2. The highest BCUT2D eigenvalue weighted by Crippen LogP contribution is 2.63. The summed E-state index contributed by atoms with van der Waals surface area (Å²) in [7, 11) is 0.